The predicted octanol–water partition coefficient (Wildman–Crippen LogP) is 3.61. The lowest BCUT2D eigenvalue weighted by Crippen LogP contribution is -2.44. The summed E-state index contributed by atoms with van der Waals surface area (Å²) in [6, 6.07) is 13.0. The fraction of sp³-hybridized carbons (Fsp3) is 0.269. The summed E-state index contributed by atoms with van der Waals surface area (Å²) in [6.07, 6.45) is -1.85. The van der Waals surface area contributed by atoms with Gasteiger partial charge in [-0.1, -0.05) is 12.1 Å². The number of benzene rings is 2. The first-order chi connectivity index (χ1) is 17.1. The van der Waals surface area contributed by atoms with Crippen molar-refractivity contribution in [1.29, 1.82) is 0 Å². The molecule has 1 fully saturated rings. The van der Waals surface area contributed by atoms with Crippen LogP contribution in [0.15, 0.2) is 65.6 Å². The molecule has 0 aliphatic carbocycles. The number of hydrogen-bond donors (Lipinski definition) is 2. The van der Waals surface area contributed by atoms with Crippen LogP contribution < -0.4 is 25.2 Å². The molecule has 2 heterocycles. The van der Waals surface area contributed by atoms with Crippen LogP contribution in [0.1, 0.15) is 34.3 Å². The lowest BCUT2D eigenvalue weighted by atomic mass is 9.93. The number of aryl methyl sites for hydroxylation is 1. The molecule has 10 heteroatoms. The maximum absolute atomic E-state index is 13.5. The van der Waals surface area contributed by atoms with Crippen LogP contribution >= 0.6 is 0 Å². The van der Waals surface area contributed by atoms with Crippen molar-refractivity contribution in [2.45, 2.75) is 31.9 Å². The van der Waals surface area contributed by atoms with Gasteiger partial charge in [0.1, 0.15) is 23.2 Å². The van der Waals surface area contributed by atoms with Gasteiger partial charge < -0.3 is 24.7 Å². The van der Waals surface area contributed by atoms with Gasteiger partial charge >= 0.3 is 6.11 Å². The van der Waals surface area contributed by atoms with Crippen LogP contribution in [0.25, 0.3) is 0 Å². The van der Waals surface area contributed by atoms with Gasteiger partial charge in [-0.2, -0.15) is 8.78 Å². The summed E-state index contributed by atoms with van der Waals surface area (Å²) < 4.78 is 35.9. The Hall–Kier alpha value is -4.21. The van der Waals surface area contributed by atoms with E-state index < -0.39 is 35.4 Å². The van der Waals surface area contributed by atoms with E-state index in [0.29, 0.717) is 18.2 Å². The smallest absolute Gasteiger partial charge is 0.394 e. The van der Waals surface area contributed by atoms with Gasteiger partial charge in [-0.25, -0.2) is 0 Å². The molecule has 0 spiro atoms. The molecule has 3 aromatic rings. The van der Waals surface area contributed by atoms with E-state index in [1.54, 1.807) is 44.4 Å². The monoisotopic (exact) mass is 497 g/mol. The van der Waals surface area contributed by atoms with Gasteiger partial charge in [0.05, 0.1) is 7.11 Å². The molecule has 2 aromatic carbocycles. The minimum absolute atomic E-state index is 0.0999. The fourth-order valence-electron chi connectivity index (χ4n) is 4.25. The zero-order chi connectivity index (χ0) is 26.0. The Labute approximate surface area is 205 Å². The van der Waals surface area contributed by atoms with Gasteiger partial charge in [-0.15, -0.1) is 0 Å². The molecule has 188 valence electrons. The highest BCUT2D eigenvalue weighted by Crippen LogP contribution is 2.33. The molecule has 2 N–H and O–H groups in total. The molecule has 0 saturated carbocycles. The highest BCUT2D eigenvalue weighted by atomic mass is 19.3. The van der Waals surface area contributed by atoms with Crippen LogP contribution in [0.4, 0.5) is 14.5 Å². The molecular formula is C26H25F2N3O5. The van der Waals surface area contributed by atoms with Gasteiger partial charge in [0.25, 0.3) is 11.5 Å². The number of aromatic nitrogens is 1. The number of H-pyrrole nitrogens is 1. The molecule has 2 amide bonds. The van der Waals surface area contributed by atoms with Crippen LogP contribution in [0, 0.1) is 6.92 Å². The number of amides is 2. The average molecular weight is 497 g/mol. The van der Waals surface area contributed by atoms with Crippen LogP contribution in [-0.4, -0.2) is 42.6 Å². The van der Waals surface area contributed by atoms with Crippen molar-refractivity contribution in [1.82, 2.24) is 10.3 Å². The number of hydrogen-bond acceptors (Lipinski definition) is 5. The second kappa shape index (κ2) is 9.80. The van der Waals surface area contributed by atoms with Crippen molar-refractivity contribution in [3.8, 4) is 11.5 Å². The molecule has 1 aliphatic heterocycles. The minimum Gasteiger partial charge on any atom is -0.497 e. The van der Waals surface area contributed by atoms with Crippen molar-refractivity contribution >= 4 is 17.5 Å². The summed E-state index contributed by atoms with van der Waals surface area (Å²) in [7, 11) is 1.54. The number of alkyl halides is 2. The lowest BCUT2D eigenvalue weighted by Gasteiger charge is -2.19. The van der Waals surface area contributed by atoms with Gasteiger partial charge in [-0.05, 0) is 60.5 Å². The number of aromatic amines is 1. The summed E-state index contributed by atoms with van der Waals surface area (Å²) >= 11 is 0. The molecule has 0 bridgehead atoms. The standard InChI is InChI=1S/C26H25F2N3O5/c1-15-12-13-29-24(33)22(15)31-14-20(16-4-8-18(35-3)9-5-16)21(25(31)34)30-23(32)17-6-10-19(11-7-17)36-26(2,27)28/h4-13,20-21H,14H2,1-3H3,(H,29,33)(H,30,32)/t20-,21-/m0/s1. The van der Waals surface area contributed by atoms with Crippen LogP contribution in [0.2, 0.25) is 0 Å². The molecule has 36 heavy (non-hydrogen) atoms. The number of carbonyl (C=O) groups is 2. The van der Waals surface area contributed by atoms with Crippen molar-refractivity contribution < 1.29 is 27.8 Å². The van der Waals surface area contributed by atoms with E-state index in [1.807, 2.05) is 0 Å². The Morgan fingerprint density at radius 2 is 1.69 bits per heavy atom. The van der Waals surface area contributed by atoms with E-state index in [1.165, 1.54) is 35.4 Å². The Balaban J connectivity index is 1.64. The second-order valence-electron chi connectivity index (χ2n) is 8.55. The zero-order valence-electron chi connectivity index (χ0n) is 19.9. The van der Waals surface area contributed by atoms with Crippen LogP contribution in [0.3, 0.4) is 0 Å². The summed E-state index contributed by atoms with van der Waals surface area (Å²) in [4.78, 5) is 43.1. The number of carbonyl (C=O) groups excluding carboxylic acids is 2. The Kier molecular flexibility index (Phi) is 6.78. The summed E-state index contributed by atoms with van der Waals surface area (Å²) in [6.45, 7) is 2.52. The van der Waals surface area contributed by atoms with E-state index in [4.69, 9.17) is 4.74 Å². The molecule has 4 rings (SSSR count). The Bertz CT molecular complexity index is 1320. The van der Waals surface area contributed by atoms with Crippen molar-refractivity contribution in [3.05, 3.63) is 87.8 Å². The second-order valence-corrected chi connectivity index (χ2v) is 8.55. The number of halogens is 2. The predicted molar refractivity (Wildman–Crippen MR) is 129 cm³/mol. The molecule has 2 atom stereocenters. The molecular weight excluding hydrogens is 472 g/mol. The van der Waals surface area contributed by atoms with E-state index in [-0.39, 0.29) is 23.5 Å². The van der Waals surface area contributed by atoms with E-state index >= 15 is 0 Å². The van der Waals surface area contributed by atoms with Gasteiger partial charge in [0, 0.05) is 31.1 Å². The largest absolute Gasteiger partial charge is 0.497 e. The zero-order valence-corrected chi connectivity index (χ0v) is 19.9. The Morgan fingerprint density at radius 3 is 2.28 bits per heavy atom. The van der Waals surface area contributed by atoms with Crippen LogP contribution in [0.5, 0.6) is 11.5 Å². The topological polar surface area (TPSA) is 101 Å². The van der Waals surface area contributed by atoms with E-state index in [2.05, 4.69) is 15.0 Å². The molecule has 8 nitrogen and oxygen atoms in total. The molecule has 0 unspecified atom stereocenters. The first-order valence-corrected chi connectivity index (χ1v) is 11.2. The normalized spacial score (nSPS) is 17.7. The first-order valence-electron chi connectivity index (χ1n) is 11.2. The molecule has 1 aromatic heterocycles. The van der Waals surface area contributed by atoms with E-state index in [9.17, 15) is 23.2 Å². The highest BCUT2D eigenvalue weighted by molar-refractivity contribution is 6.05. The number of anilines is 1. The van der Waals surface area contributed by atoms with Crippen molar-refractivity contribution in [2.24, 2.45) is 0 Å². The van der Waals surface area contributed by atoms with Gasteiger partial charge in [0.15, 0.2) is 0 Å². The summed E-state index contributed by atoms with van der Waals surface area (Å²) in [5.74, 6) is -0.933. The maximum atomic E-state index is 13.5. The van der Waals surface area contributed by atoms with E-state index in [0.717, 1.165) is 5.56 Å². The number of ether oxygens (including phenoxy) is 2. The SMILES string of the molecule is COc1ccc([C@@H]2CN(c3c(C)cc[nH]c3=O)C(=O)[C@H]2NC(=O)c2ccc(OC(C)(F)F)cc2)cc1. The number of rotatable bonds is 7. The quantitative estimate of drug-likeness (QED) is 0.520. The average Bonchev–Trinajstić information content (AvgIpc) is 3.14. The van der Waals surface area contributed by atoms with Crippen molar-refractivity contribution in [3.63, 3.8) is 0 Å². The molecule has 1 aliphatic rings. The minimum atomic E-state index is -3.36. The third kappa shape index (κ3) is 5.22. The number of nitrogens with one attached hydrogen (secondary N) is 2. The number of nitrogens with zero attached hydrogens (tertiary/aromatic N) is 1. The van der Waals surface area contributed by atoms with Crippen molar-refractivity contribution in [2.75, 3.05) is 18.6 Å². The van der Waals surface area contributed by atoms with Crippen LogP contribution in [-0.2, 0) is 4.79 Å². The highest BCUT2D eigenvalue weighted by Gasteiger charge is 2.44. The molecule has 0 radical (unpaired) electrons. The third-order valence-corrected chi connectivity index (χ3v) is 5.96. The summed E-state index contributed by atoms with van der Waals surface area (Å²) in [5.41, 5.74) is 1.37. The third-order valence-electron chi connectivity index (χ3n) is 5.96. The Morgan fingerprint density at radius 1 is 1.06 bits per heavy atom. The lowest BCUT2D eigenvalue weighted by molar-refractivity contribution is -0.158. The maximum Gasteiger partial charge on any atom is 0.394 e. The fourth-order valence-corrected chi connectivity index (χ4v) is 4.25. The first kappa shape index (κ1) is 24.9. The van der Waals surface area contributed by atoms with Gasteiger partial charge in [-0.3, -0.25) is 14.4 Å². The summed E-state index contributed by atoms with van der Waals surface area (Å²) in [5, 5.41) is 2.77. The van der Waals surface area contributed by atoms with Gasteiger partial charge in [0.2, 0.25) is 5.91 Å². The molecule has 1 saturated heterocycles. The number of pyridine rings is 1. The number of methoxy groups -OCH3 is 1.